The summed E-state index contributed by atoms with van der Waals surface area (Å²) < 4.78 is 0. The van der Waals surface area contributed by atoms with Gasteiger partial charge in [0.2, 0.25) is 0 Å². The smallest absolute Gasteiger partial charge is 0.327 e. The van der Waals surface area contributed by atoms with Crippen molar-refractivity contribution in [2.75, 3.05) is 0 Å². The predicted molar refractivity (Wildman–Crippen MR) is 61.8 cm³/mol. The summed E-state index contributed by atoms with van der Waals surface area (Å²) in [7, 11) is 0. The highest BCUT2D eigenvalue weighted by atomic mass is 16.4. The standard InChI is InChI=1S/C10H8.C3H4O2/c1-2-6-10-8-4-3-7-9(10)5-1;1-2-3(4)5/h1-8H;2H,1H2,(H,4,5). The molecule has 0 fully saturated rings. The van der Waals surface area contributed by atoms with E-state index >= 15 is 0 Å². The zero-order chi connectivity index (χ0) is 11.1. The summed E-state index contributed by atoms with van der Waals surface area (Å²) in [6.45, 7) is 2.96. The van der Waals surface area contributed by atoms with Crippen LogP contribution in [0.15, 0.2) is 61.2 Å². The molecule has 0 saturated carbocycles. The highest BCUT2D eigenvalue weighted by molar-refractivity contribution is 5.82. The van der Waals surface area contributed by atoms with Crippen LogP contribution in [0.2, 0.25) is 0 Å². The van der Waals surface area contributed by atoms with E-state index in [2.05, 4.69) is 55.1 Å². The van der Waals surface area contributed by atoms with Gasteiger partial charge < -0.3 is 5.11 Å². The van der Waals surface area contributed by atoms with E-state index in [4.69, 9.17) is 5.11 Å². The number of carboxylic acid groups (broad SMARTS) is 1. The van der Waals surface area contributed by atoms with Crippen LogP contribution < -0.4 is 0 Å². The molecule has 0 aliphatic heterocycles. The third-order valence-electron chi connectivity index (χ3n) is 1.83. The lowest BCUT2D eigenvalue weighted by Crippen LogP contribution is -1.82. The van der Waals surface area contributed by atoms with Crippen molar-refractivity contribution in [3.05, 3.63) is 61.2 Å². The van der Waals surface area contributed by atoms with Crippen LogP contribution in [-0.2, 0) is 4.79 Å². The Labute approximate surface area is 88.5 Å². The number of hydrogen-bond donors (Lipinski definition) is 1. The van der Waals surface area contributed by atoms with E-state index in [1.54, 1.807) is 0 Å². The number of carbonyl (C=O) groups is 1. The fraction of sp³-hybridized carbons (Fsp3) is 0. The van der Waals surface area contributed by atoms with Gasteiger partial charge >= 0.3 is 5.97 Å². The van der Waals surface area contributed by atoms with Crippen LogP contribution in [0, 0.1) is 0 Å². The molecule has 2 aromatic carbocycles. The quantitative estimate of drug-likeness (QED) is 0.718. The van der Waals surface area contributed by atoms with Gasteiger partial charge in [-0.3, -0.25) is 0 Å². The highest BCUT2D eigenvalue weighted by Crippen LogP contribution is 2.11. The number of benzene rings is 2. The first kappa shape index (κ1) is 11.0. The number of hydrogen-bond acceptors (Lipinski definition) is 1. The van der Waals surface area contributed by atoms with Crippen molar-refractivity contribution >= 4 is 16.7 Å². The molecule has 0 spiro atoms. The number of rotatable bonds is 1. The van der Waals surface area contributed by atoms with Crippen LogP contribution in [0.25, 0.3) is 10.8 Å². The molecule has 0 amide bonds. The Morgan fingerprint density at radius 2 is 1.27 bits per heavy atom. The molecule has 2 rings (SSSR count). The minimum absolute atomic E-state index is 0.833. The van der Waals surface area contributed by atoms with Crippen molar-refractivity contribution in [3.8, 4) is 0 Å². The fourth-order valence-corrected chi connectivity index (χ4v) is 1.13. The molecule has 0 heterocycles. The Morgan fingerprint density at radius 3 is 1.47 bits per heavy atom. The number of aliphatic carboxylic acids is 1. The van der Waals surface area contributed by atoms with Crippen LogP contribution in [-0.4, -0.2) is 11.1 Å². The zero-order valence-corrected chi connectivity index (χ0v) is 8.26. The largest absolute Gasteiger partial charge is 0.478 e. The van der Waals surface area contributed by atoms with E-state index in [-0.39, 0.29) is 0 Å². The second-order valence-electron chi connectivity index (χ2n) is 2.89. The lowest BCUT2D eigenvalue weighted by atomic mass is 10.1. The summed E-state index contributed by atoms with van der Waals surface area (Å²) >= 11 is 0. The summed E-state index contributed by atoms with van der Waals surface area (Å²) in [6, 6.07) is 16.7. The SMILES string of the molecule is C=CC(=O)O.c1ccc2ccccc2c1. The average Bonchev–Trinajstić information content (AvgIpc) is 2.30. The fourth-order valence-electron chi connectivity index (χ4n) is 1.13. The Balaban J connectivity index is 0.000000195. The topological polar surface area (TPSA) is 37.3 Å². The van der Waals surface area contributed by atoms with E-state index in [1.165, 1.54) is 10.8 Å². The van der Waals surface area contributed by atoms with Crippen molar-refractivity contribution in [2.45, 2.75) is 0 Å². The molecule has 15 heavy (non-hydrogen) atoms. The highest BCUT2D eigenvalue weighted by Gasteiger charge is 1.85. The van der Waals surface area contributed by atoms with Crippen LogP contribution in [0.1, 0.15) is 0 Å². The minimum atomic E-state index is -0.981. The van der Waals surface area contributed by atoms with Gasteiger partial charge in [0, 0.05) is 6.08 Å². The third-order valence-corrected chi connectivity index (χ3v) is 1.83. The molecular weight excluding hydrogens is 188 g/mol. The first-order valence-corrected chi connectivity index (χ1v) is 4.53. The van der Waals surface area contributed by atoms with Crippen LogP contribution in [0.4, 0.5) is 0 Å². The lowest BCUT2D eigenvalue weighted by molar-refractivity contribution is -0.131. The van der Waals surface area contributed by atoms with E-state index < -0.39 is 5.97 Å². The molecule has 0 aromatic heterocycles. The molecule has 0 aliphatic rings. The molecule has 0 aliphatic carbocycles. The van der Waals surface area contributed by atoms with Crippen molar-refractivity contribution in [1.82, 2.24) is 0 Å². The van der Waals surface area contributed by atoms with E-state index in [0.717, 1.165) is 6.08 Å². The van der Waals surface area contributed by atoms with Crippen LogP contribution in [0.5, 0.6) is 0 Å². The Hall–Kier alpha value is -2.09. The van der Waals surface area contributed by atoms with Gasteiger partial charge in [0.05, 0.1) is 0 Å². The van der Waals surface area contributed by atoms with Gasteiger partial charge in [0.15, 0.2) is 0 Å². The summed E-state index contributed by atoms with van der Waals surface area (Å²) in [5, 5.41) is 10.2. The van der Waals surface area contributed by atoms with Crippen molar-refractivity contribution < 1.29 is 9.90 Å². The van der Waals surface area contributed by atoms with Crippen LogP contribution in [0.3, 0.4) is 0 Å². The summed E-state index contributed by atoms with van der Waals surface area (Å²) in [6.07, 6.45) is 0.833. The second-order valence-corrected chi connectivity index (χ2v) is 2.89. The van der Waals surface area contributed by atoms with Gasteiger partial charge in [-0.1, -0.05) is 55.1 Å². The predicted octanol–water partition coefficient (Wildman–Crippen LogP) is 3.10. The van der Waals surface area contributed by atoms with Crippen molar-refractivity contribution in [3.63, 3.8) is 0 Å². The molecular formula is C13H12O2. The van der Waals surface area contributed by atoms with Gasteiger partial charge in [-0.2, -0.15) is 0 Å². The second kappa shape index (κ2) is 5.60. The van der Waals surface area contributed by atoms with Gasteiger partial charge in [-0.05, 0) is 10.8 Å². The average molecular weight is 200 g/mol. The molecule has 0 atom stereocenters. The Morgan fingerprint density at radius 1 is 1.00 bits per heavy atom. The van der Waals surface area contributed by atoms with Gasteiger partial charge in [0.25, 0.3) is 0 Å². The molecule has 0 radical (unpaired) electrons. The maximum Gasteiger partial charge on any atom is 0.327 e. The van der Waals surface area contributed by atoms with Gasteiger partial charge in [0.1, 0.15) is 0 Å². The van der Waals surface area contributed by atoms with Gasteiger partial charge in [-0.25, -0.2) is 4.79 Å². The summed E-state index contributed by atoms with van der Waals surface area (Å²) in [5.74, 6) is -0.981. The van der Waals surface area contributed by atoms with Gasteiger partial charge in [-0.15, -0.1) is 0 Å². The lowest BCUT2D eigenvalue weighted by Gasteiger charge is -1.92. The van der Waals surface area contributed by atoms with Crippen molar-refractivity contribution in [2.24, 2.45) is 0 Å². The number of carboxylic acids is 1. The maximum atomic E-state index is 9.25. The first-order chi connectivity index (χ1) is 7.24. The molecule has 76 valence electrons. The first-order valence-electron chi connectivity index (χ1n) is 4.53. The van der Waals surface area contributed by atoms with E-state index in [1.807, 2.05) is 0 Å². The Bertz CT molecular complexity index is 395. The van der Waals surface area contributed by atoms with E-state index in [0.29, 0.717) is 0 Å². The van der Waals surface area contributed by atoms with E-state index in [9.17, 15) is 4.79 Å². The zero-order valence-electron chi connectivity index (χ0n) is 8.26. The summed E-state index contributed by atoms with van der Waals surface area (Å²) in [5.41, 5.74) is 0. The minimum Gasteiger partial charge on any atom is -0.478 e. The third kappa shape index (κ3) is 3.65. The normalized spacial score (nSPS) is 8.80. The molecule has 2 heteroatoms. The molecule has 0 bridgehead atoms. The molecule has 0 saturated heterocycles. The molecule has 2 nitrogen and oxygen atoms in total. The molecule has 1 N–H and O–H groups in total. The number of fused-ring (bicyclic) bond motifs is 1. The Kier molecular flexibility index (Phi) is 4.10. The molecule has 0 unspecified atom stereocenters. The molecule has 2 aromatic rings. The van der Waals surface area contributed by atoms with Crippen molar-refractivity contribution in [1.29, 1.82) is 0 Å². The van der Waals surface area contributed by atoms with Crippen LogP contribution >= 0.6 is 0 Å². The maximum absolute atomic E-state index is 9.25. The monoisotopic (exact) mass is 200 g/mol. The summed E-state index contributed by atoms with van der Waals surface area (Å²) in [4.78, 5) is 9.25.